The zero-order valence-corrected chi connectivity index (χ0v) is 32.1. The van der Waals surface area contributed by atoms with Crippen molar-refractivity contribution < 1.29 is 18.9 Å². The van der Waals surface area contributed by atoms with Crippen LogP contribution < -0.4 is 14.8 Å². The predicted octanol–water partition coefficient (Wildman–Crippen LogP) is 7.46. The van der Waals surface area contributed by atoms with Gasteiger partial charge in [0.25, 0.3) is 0 Å². The third-order valence-electron chi connectivity index (χ3n) is 6.60. The number of hydrogen-bond donors (Lipinski definition) is 1. The molecule has 3 aromatic rings. The van der Waals surface area contributed by atoms with Gasteiger partial charge in [-0.2, -0.15) is 5.10 Å². The molecule has 12 heteroatoms. The highest BCUT2D eigenvalue weighted by Gasteiger charge is 2.25. The molecule has 262 valence electrons. The number of anilines is 1. The van der Waals surface area contributed by atoms with Crippen molar-refractivity contribution in [2.24, 2.45) is 7.05 Å². The lowest BCUT2D eigenvalue weighted by molar-refractivity contribution is 0.187. The Balaban J connectivity index is 0.00000146. The minimum atomic E-state index is 0.507. The third kappa shape index (κ3) is 12.5. The first-order valence-electron chi connectivity index (χ1n) is 16.0. The summed E-state index contributed by atoms with van der Waals surface area (Å²) in [6.07, 6.45) is 10.1. The number of nitrogens with one attached hydrogen (secondary N) is 1. The molecule has 0 spiro atoms. The summed E-state index contributed by atoms with van der Waals surface area (Å²) in [5.41, 5.74) is 7.60. The van der Waals surface area contributed by atoms with Gasteiger partial charge in [0, 0.05) is 85.6 Å². The smallest absolute Gasteiger partial charge is 0.224 e. The fourth-order valence-electron chi connectivity index (χ4n) is 4.62. The Morgan fingerprint density at radius 3 is 2.19 bits per heavy atom. The van der Waals surface area contributed by atoms with Crippen LogP contribution in [-0.2, 0) is 23.1 Å². The van der Waals surface area contributed by atoms with Crippen LogP contribution in [0.1, 0.15) is 58.7 Å². The van der Waals surface area contributed by atoms with Crippen LogP contribution in [0.5, 0.6) is 11.5 Å². The summed E-state index contributed by atoms with van der Waals surface area (Å²) in [4.78, 5) is 14.2. The van der Waals surface area contributed by atoms with Crippen molar-refractivity contribution in [1.29, 1.82) is 0 Å². The highest BCUT2D eigenvalue weighted by Crippen LogP contribution is 2.36. The van der Waals surface area contributed by atoms with E-state index in [4.69, 9.17) is 29.3 Å². The molecule has 47 heavy (non-hydrogen) atoms. The second kappa shape index (κ2) is 22.8. The number of hydrogen-bond acceptors (Lipinski definition) is 10. The molecule has 0 fully saturated rings. The summed E-state index contributed by atoms with van der Waals surface area (Å²) in [5, 5.41) is 8.13. The molecule has 1 aliphatic rings. The Morgan fingerprint density at radius 1 is 1.00 bits per heavy atom. The topological polar surface area (TPSA) is 99.0 Å². The second-order valence-corrected chi connectivity index (χ2v) is 10.5. The highest BCUT2D eigenvalue weighted by molar-refractivity contribution is 9.09. The van der Waals surface area contributed by atoms with Crippen LogP contribution in [0.4, 0.5) is 5.95 Å². The van der Waals surface area contributed by atoms with Crippen LogP contribution in [-0.4, -0.2) is 90.8 Å². The van der Waals surface area contributed by atoms with E-state index in [0.717, 1.165) is 64.2 Å². The number of rotatable bonds is 12. The highest BCUT2D eigenvalue weighted by atomic mass is 79.9. The van der Waals surface area contributed by atoms with Crippen LogP contribution in [0.25, 0.3) is 16.6 Å². The van der Waals surface area contributed by atoms with Gasteiger partial charge >= 0.3 is 0 Å². The van der Waals surface area contributed by atoms with Gasteiger partial charge in [-0.25, -0.2) is 9.97 Å². The minimum absolute atomic E-state index is 0.507. The number of fused-ring (bicyclic) bond motifs is 1. The molecule has 0 bridgehead atoms. The van der Waals surface area contributed by atoms with Crippen molar-refractivity contribution in [1.82, 2.24) is 29.5 Å². The molecule has 1 aliphatic heterocycles. The van der Waals surface area contributed by atoms with E-state index in [1.165, 1.54) is 11.3 Å². The van der Waals surface area contributed by atoms with E-state index in [2.05, 4.69) is 68.2 Å². The van der Waals surface area contributed by atoms with Gasteiger partial charge in [0.1, 0.15) is 28.2 Å². The molecule has 0 aliphatic carbocycles. The number of alkyl halides is 1. The van der Waals surface area contributed by atoms with Crippen molar-refractivity contribution in [3.63, 3.8) is 0 Å². The third-order valence-corrected chi connectivity index (χ3v) is 7.39. The Hall–Kier alpha value is -3.61. The van der Waals surface area contributed by atoms with Crippen molar-refractivity contribution in [3.05, 3.63) is 65.4 Å². The van der Waals surface area contributed by atoms with Gasteiger partial charge in [0.15, 0.2) is 0 Å². The van der Waals surface area contributed by atoms with Crippen LogP contribution >= 0.6 is 15.9 Å². The van der Waals surface area contributed by atoms with E-state index < -0.39 is 0 Å². The molecule has 0 amide bonds. The zero-order valence-electron chi connectivity index (χ0n) is 30.5. The van der Waals surface area contributed by atoms with E-state index >= 15 is 0 Å². The average molecular weight is 719 g/mol. The summed E-state index contributed by atoms with van der Waals surface area (Å²) in [6.45, 7) is 12.1. The van der Waals surface area contributed by atoms with E-state index in [9.17, 15) is 0 Å². The van der Waals surface area contributed by atoms with Gasteiger partial charge in [-0.3, -0.25) is 4.68 Å². The number of aryl methyl sites for hydroxylation is 1. The lowest BCUT2D eigenvalue weighted by atomic mass is 9.95. The second-order valence-electron chi connectivity index (χ2n) is 9.99. The molecular weight excluding hydrogens is 662 g/mol. The van der Waals surface area contributed by atoms with Crippen molar-refractivity contribution in [2.45, 2.75) is 54.0 Å². The molecule has 0 radical (unpaired) electrons. The lowest BCUT2D eigenvalue weighted by Gasteiger charge is -2.33. The molecule has 1 aromatic carbocycles. The molecule has 0 saturated carbocycles. The van der Waals surface area contributed by atoms with Crippen LogP contribution in [0.3, 0.4) is 0 Å². The largest absolute Gasteiger partial charge is 0.497 e. The van der Waals surface area contributed by atoms with E-state index in [0.29, 0.717) is 19.1 Å². The number of benzene rings is 1. The average Bonchev–Trinajstić information content (AvgIpc) is 3.49. The predicted molar refractivity (Wildman–Crippen MR) is 198 cm³/mol. The molecule has 0 saturated heterocycles. The monoisotopic (exact) mass is 717 g/mol. The molecular formula is C35H56BrN7O4. The first kappa shape index (κ1) is 41.4. The fraction of sp³-hybridized carbons (Fsp3) is 0.514. The minimum Gasteiger partial charge on any atom is -0.497 e. The Labute approximate surface area is 290 Å². The van der Waals surface area contributed by atoms with E-state index in [-0.39, 0.29) is 0 Å². The van der Waals surface area contributed by atoms with Crippen molar-refractivity contribution >= 4 is 38.5 Å². The van der Waals surface area contributed by atoms with Crippen molar-refractivity contribution in [3.8, 4) is 11.5 Å². The number of nitrogens with zero attached hydrogens (tertiary/aromatic N) is 6. The number of halogens is 1. The molecule has 11 nitrogen and oxygen atoms in total. The first-order valence-corrected chi connectivity index (χ1v) is 17.1. The number of ether oxygens (including phenoxy) is 4. The van der Waals surface area contributed by atoms with Crippen LogP contribution in [0, 0.1) is 0 Å². The Bertz CT molecular complexity index is 1420. The number of aromatic nitrogens is 4. The molecule has 3 heterocycles. The van der Waals surface area contributed by atoms with Gasteiger partial charge in [-0.05, 0) is 36.6 Å². The van der Waals surface area contributed by atoms with Gasteiger partial charge in [-0.15, -0.1) is 0 Å². The first-order chi connectivity index (χ1) is 22.8. The van der Waals surface area contributed by atoms with Crippen LogP contribution in [0.2, 0.25) is 0 Å². The molecule has 4 rings (SSSR count). The van der Waals surface area contributed by atoms with E-state index in [1.54, 1.807) is 40.2 Å². The number of methoxy groups -OCH3 is 4. The van der Waals surface area contributed by atoms with Crippen LogP contribution in [0.15, 0.2) is 54.1 Å². The maximum Gasteiger partial charge on any atom is 0.224 e. The van der Waals surface area contributed by atoms with Crippen molar-refractivity contribution in [2.75, 3.05) is 66.5 Å². The van der Waals surface area contributed by atoms with Gasteiger partial charge in [0.2, 0.25) is 5.95 Å². The number of allylic oxidation sites excluding steroid dienone is 3. The Kier molecular flexibility index (Phi) is 20.1. The maximum absolute atomic E-state index is 5.43. The Morgan fingerprint density at radius 2 is 1.64 bits per heavy atom. The standard InChI is InChI=1S/C29H38BrN7O3.C2H6O.2C2H6/c1-7-21-13-22(16-37(9-8-10-38-4)26(21)18-35(2)19-30)27-28-25(17-36(3)34-28)32-29(33-27)31-15-20-11-23(39-5)14-24(12-20)40-6;1-3-2;2*1-2/h7,11-12,14,16-18H,8-10,13,15,19H2,1-6H3,(H,31,32);1-2H3;2*1-2H3/b21-7-,26-18+;;;. The summed E-state index contributed by atoms with van der Waals surface area (Å²) in [7, 11) is 12.2. The van der Waals surface area contributed by atoms with E-state index in [1.807, 2.05) is 59.1 Å². The van der Waals surface area contributed by atoms with Gasteiger partial charge < -0.3 is 34.1 Å². The lowest BCUT2D eigenvalue weighted by Crippen LogP contribution is -2.27. The maximum atomic E-state index is 5.43. The molecule has 1 N–H and O–H groups in total. The summed E-state index contributed by atoms with van der Waals surface area (Å²) in [6, 6.07) is 5.79. The zero-order chi connectivity index (χ0) is 35.4. The quantitative estimate of drug-likeness (QED) is 0.115. The van der Waals surface area contributed by atoms with Gasteiger partial charge in [-0.1, -0.05) is 49.7 Å². The van der Waals surface area contributed by atoms with Gasteiger partial charge in [0.05, 0.1) is 31.6 Å². The fourth-order valence-corrected chi connectivity index (χ4v) is 4.76. The summed E-state index contributed by atoms with van der Waals surface area (Å²) in [5.74, 6) is 2.00. The summed E-state index contributed by atoms with van der Waals surface area (Å²) < 4.78 is 22.2. The summed E-state index contributed by atoms with van der Waals surface area (Å²) >= 11 is 3.56. The molecule has 2 aromatic heterocycles. The molecule has 0 unspecified atom stereocenters. The molecule has 0 atom stereocenters. The SMILES string of the molecule is C/C=C1/CC(c2nc(NCc3cc(OC)cc(OC)c3)nc3cn(C)nc23)=CN(CCCOC)/C1=C/N(C)CBr.CC.CC.COC. The normalized spacial score (nSPS) is 13.9.